The summed E-state index contributed by atoms with van der Waals surface area (Å²) in [7, 11) is 2.10. The van der Waals surface area contributed by atoms with Crippen molar-refractivity contribution >= 4 is 11.6 Å². The molecule has 18 heavy (non-hydrogen) atoms. The molecule has 4 nitrogen and oxygen atoms in total. The lowest BCUT2D eigenvalue weighted by molar-refractivity contribution is 0.417. The number of aromatic nitrogens is 2. The van der Waals surface area contributed by atoms with Gasteiger partial charge in [-0.2, -0.15) is 0 Å². The van der Waals surface area contributed by atoms with E-state index in [0.29, 0.717) is 0 Å². The number of rotatable bonds is 5. The van der Waals surface area contributed by atoms with Gasteiger partial charge < -0.3 is 10.2 Å². The minimum absolute atomic E-state index is 0.253. The first-order valence-electron chi connectivity index (χ1n) is 6.68. The molecule has 0 aliphatic rings. The van der Waals surface area contributed by atoms with Crippen LogP contribution in [0.2, 0.25) is 0 Å². The summed E-state index contributed by atoms with van der Waals surface area (Å²) in [6.07, 6.45) is 2.58. The van der Waals surface area contributed by atoms with Gasteiger partial charge in [0.1, 0.15) is 18.0 Å². The minimum atomic E-state index is 0.253. The van der Waals surface area contributed by atoms with Crippen LogP contribution in [0.1, 0.15) is 40.2 Å². The number of anilines is 2. The largest absolute Gasteiger partial charge is 0.370 e. The van der Waals surface area contributed by atoms with Gasteiger partial charge in [-0.05, 0) is 18.8 Å². The van der Waals surface area contributed by atoms with Crippen LogP contribution < -0.4 is 10.2 Å². The first-order chi connectivity index (χ1) is 8.39. The fraction of sp³-hybridized carbons (Fsp3) is 0.714. The van der Waals surface area contributed by atoms with E-state index in [9.17, 15) is 0 Å². The van der Waals surface area contributed by atoms with Crippen LogP contribution in [-0.4, -0.2) is 30.1 Å². The Hall–Kier alpha value is -1.32. The van der Waals surface area contributed by atoms with E-state index in [1.54, 1.807) is 6.33 Å². The Labute approximate surface area is 111 Å². The molecule has 1 aromatic heterocycles. The van der Waals surface area contributed by atoms with Crippen molar-refractivity contribution in [3.8, 4) is 0 Å². The molecule has 0 atom stereocenters. The van der Waals surface area contributed by atoms with Crippen molar-refractivity contribution in [3.05, 3.63) is 11.9 Å². The monoisotopic (exact) mass is 250 g/mol. The van der Waals surface area contributed by atoms with Crippen LogP contribution in [0.25, 0.3) is 0 Å². The highest BCUT2D eigenvalue weighted by molar-refractivity contribution is 5.58. The van der Waals surface area contributed by atoms with Gasteiger partial charge >= 0.3 is 0 Å². The van der Waals surface area contributed by atoms with Gasteiger partial charge in [0.2, 0.25) is 0 Å². The molecule has 1 N–H and O–H groups in total. The van der Waals surface area contributed by atoms with Gasteiger partial charge in [-0.3, -0.25) is 0 Å². The highest BCUT2D eigenvalue weighted by atomic mass is 15.2. The molecule has 0 amide bonds. The first kappa shape index (κ1) is 14.7. The second kappa shape index (κ2) is 6.03. The zero-order chi connectivity index (χ0) is 13.8. The van der Waals surface area contributed by atoms with Crippen molar-refractivity contribution in [3.63, 3.8) is 0 Å². The summed E-state index contributed by atoms with van der Waals surface area (Å²) in [5.41, 5.74) is 1.45. The predicted molar refractivity (Wildman–Crippen MR) is 78.3 cm³/mol. The highest BCUT2D eigenvalue weighted by Gasteiger charge is 2.18. The molecule has 1 rings (SSSR count). The van der Waals surface area contributed by atoms with E-state index in [4.69, 9.17) is 0 Å². The number of nitrogens with zero attached hydrogens (tertiary/aromatic N) is 3. The summed E-state index contributed by atoms with van der Waals surface area (Å²) >= 11 is 0. The Morgan fingerprint density at radius 2 is 1.89 bits per heavy atom. The molecule has 0 bridgehead atoms. The lowest BCUT2D eigenvalue weighted by atomic mass is 9.96. The third-order valence-electron chi connectivity index (χ3n) is 2.69. The predicted octanol–water partition coefficient (Wildman–Crippen LogP) is 2.95. The summed E-state index contributed by atoms with van der Waals surface area (Å²) in [5, 5.41) is 3.31. The van der Waals surface area contributed by atoms with Crippen molar-refractivity contribution in [1.29, 1.82) is 0 Å². The van der Waals surface area contributed by atoms with Crippen LogP contribution in [0.3, 0.4) is 0 Å². The van der Waals surface area contributed by atoms with Gasteiger partial charge in [0.05, 0.1) is 0 Å². The molecule has 102 valence electrons. The summed E-state index contributed by atoms with van der Waals surface area (Å²) in [5.74, 6) is 2.00. The molecule has 0 aromatic carbocycles. The zero-order valence-corrected chi connectivity index (χ0v) is 12.5. The Bertz CT molecular complexity index is 382. The Balaban J connectivity index is 3.04. The van der Waals surface area contributed by atoms with Crippen LogP contribution >= 0.6 is 0 Å². The summed E-state index contributed by atoms with van der Waals surface area (Å²) < 4.78 is 0. The lowest BCUT2D eigenvalue weighted by Gasteiger charge is -2.29. The summed E-state index contributed by atoms with van der Waals surface area (Å²) in [4.78, 5) is 11.0. The molecule has 0 saturated carbocycles. The Morgan fingerprint density at radius 1 is 1.22 bits per heavy atom. The summed E-state index contributed by atoms with van der Waals surface area (Å²) in [6.45, 7) is 12.8. The fourth-order valence-corrected chi connectivity index (χ4v) is 2.16. The molecule has 0 saturated heterocycles. The SMILES string of the molecule is CCNc1ncnc(N(C)CC(C)(C)C)c1CC. The molecular formula is C14H26N4. The van der Waals surface area contributed by atoms with Crippen LogP contribution in [0, 0.1) is 5.41 Å². The molecular weight excluding hydrogens is 224 g/mol. The minimum Gasteiger partial charge on any atom is -0.370 e. The van der Waals surface area contributed by atoms with E-state index >= 15 is 0 Å². The van der Waals surface area contributed by atoms with Gasteiger partial charge in [-0.25, -0.2) is 9.97 Å². The second-order valence-corrected chi connectivity index (χ2v) is 5.83. The maximum atomic E-state index is 4.45. The van der Waals surface area contributed by atoms with Gasteiger partial charge in [0.25, 0.3) is 0 Å². The van der Waals surface area contributed by atoms with Gasteiger partial charge in [0, 0.05) is 25.7 Å². The molecule has 0 fully saturated rings. The van der Waals surface area contributed by atoms with Crippen molar-refractivity contribution < 1.29 is 0 Å². The number of nitrogens with one attached hydrogen (secondary N) is 1. The lowest BCUT2D eigenvalue weighted by Crippen LogP contribution is -2.30. The van der Waals surface area contributed by atoms with E-state index in [0.717, 1.165) is 31.1 Å². The second-order valence-electron chi connectivity index (χ2n) is 5.83. The van der Waals surface area contributed by atoms with Gasteiger partial charge in [-0.15, -0.1) is 0 Å². The van der Waals surface area contributed by atoms with Crippen molar-refractivity contribution in [1.82, 2.24) is 9.97 Å². The third-order valence-corrected chi connectivity index (χ3v) is 2.69. The first-order valence-corrected chi connectivity index (χ1v) is 6.68. The average Bonchev–Trinajstić information content (AvgIpc) is 2.27. The number of hydrogen-bond donors (Lipinski definition) is 1. The van der Waals surface area contributed by atoms with E-state index in [2.05, 4.69) is 61.9 Å². The molecule has 0 aliphatic heterocycles. The standard InChI is InChI=1S/C14H26N4/c1-7-11-12(15-8-2)16-10-17-13(11)18(6)9-14(3,4)5/h10H,7-9H2,1-6H3,(H,15,16,17). The third kappa shape index (κ3) is 3.86. The Morgan fingerprint density at radius 3 is 2.39 bits per heavy atom. The van der Waals surface area contributed by atoms with Crippen molar-refractivity contribution in [2.24, 2.45) is 5.41 Å². The van der Waals surface area contributed by atoms with Gasteiger partial charge in [0.15, 0.2) is 0 Å². The molecule has 1 aromatic rings. The fourth-order valence-electron chi connectivity index (χ4n) is 2.16. The van der Waals surface area contributed by atoms with Crippen LogP contribution in [0.4, 0.5) is 11.6 Å². The van der Waals surface area contributed by atoms with Gasteiger partial charge in [-0.1, -0.05) is 27.7 Å². The normalized spacial score (nSPS) is 11.4. The van der Waals surface area contributed by atoms with E-state index in [-0.39, 0.29) is 5.41 Å². The Kier molecular flexibility index (Phi) is 4.93. The maximum Gasteiger partial charge on any atom is 0.137 e. The van der Waals surface area contributed by atoms with E-state index < -0.39 is 0 Å². The average molecular weight is 250 g/mol. The molecule has 4 heteroatoms. The van der Waals surface area contributed by atoms with E-state index in [1.807, 2.05) is 0 Å². The van der Waals surface area contributed by atoms with Crippen molar-refractivity contribution in [2.45, 2.75) is 41.0 Å². The topological polar surface area (TPSA) is 41.1 Å². The molecule has 0 spiro atoms. The van der Waals surface area contributed by atoms with E-state index in [1.165, 1.54) is 5.56 Å². The maximum absolute atomic E-state index is 4.45. The van der Waals surface area contributed by atoms with Crippen molar-refractivity contribution in [2.75, 3.05) is 30.4 Å². The van der Waals surface area contributed by atoms with Crippen LogP contribution in [0.15, 0.2) is 6.33 Å². The summed E-state index contributed by atoms with van der Waals surface area (Å²) in [6, 6.07) is 0. The van der Waals surface area contributed by atoms with Crippen LogP contribution in [-0.2, 0) is 6.42 Å². The molecule has 0 unspecified atom stereocenters. The quantitative estimate of drug-likeness (QED) is 0.872. The number of hydrogen-bond acceptors (Lipinski definition) is 4. The van der Waals surface area contributed by atoms with Crippen LogP contribution in [0.5, 0.6) is 0 Å². The zero-order valence-electron chi connectivity index (χ0n) is 12.5. The highest BCUT2D eigenvalue weighted by Crippen LogP contribution is 2.25. The molecule has 1 heterocycles. The smallest absolute Gasteiger partial charge is 0.137 e. The molecule has 0 aliphatic carbocycles. The molecule has 0 radical (unpaired) electrons.